The van der Waals surface area contributed by atoms with Crippen LogP contribution in [0.2, 0.25) is 0 Å². The molecule has 77 heavy (non-hydrogen) atoms. The van der Waals surface area contributed by atoms with E-state index in [0.717, 1.165) is 122 Å². The Morgan fingerprint density at radius 3 is 0.792 bits per heavy atom. The lowest BCUT2D eigenvalue weighted by Crippen LogP contribution is -2.30. The number of carbonyl (C=O) groups excluding carboxylic acids is 3. The van der Waals surface area contributed by atoms with Gasteiger partial charge in [-0.1, -0.05) is 304 Å². The molecule has 6 nitrogen and oxygen atoms in total. The van der Waals surface area contributed by atoms with Crippen molar-refractivity contribution in [2.24, 2.45) is 0 Å². The van der Waals surface area contributed by atoms with Crippen LogP contribution in [0.25, 0.3) is 0 Å². The van der Waals surface area contributed by atoms with Gasteiger partial charge in [0.2, 0.25) is 0 Å². The summed E-state index contributed by atoms with van der Waals surface area (Å²) in [6, 6.07) is 0. The minimum Gasteiger partial charge on any atom is -0.462 e. The smallest absolute Gasteiger partial charge is 0.306 e. The monoisotopic (exact) mass is 1070 g/mol. The zero-order valence-electron chi connectivity index (χ0n) is 50.4. The predicted molar refractivity (Wildman–Crippen MR) is 334 cm³/mol. The van der Waals surface area contributed by atoms with Crippen molar-refractivity contribution < 1.29 is 28.6 Å². The molecule has 0 spiro atoms. The average Bonchev–Trinajstić information content (AvgIpc) is 3.43. The lowest BCUT2D eigenvalue weighted by atomic mass is 10.0. The number of ether oxygens (including phenoxy) is 3. The molecule has 0 saturated carbocycles. The third kappa shape index (κ3) is 62.8. The van der Waals surface area contributed by atoms with Crippen molar-refractivity contribution in [2.75, 3.05) is 13.2 Å². The summed E-state index contributed by atoms with van der Waals surface area (Å²) < 4.78 is 16.9. The van der Waals surface area contributed by atoms with Crippen LogP contribution in [-0.2, 0) is 28.6 Å². The number of hydrogen-bond acceptors (Lipinski definition) is 6. The summed E-state index contributed by atoms with van der Waals surface area (Å²) in [6.07, 6.45) is 88.2. The van der Waals surface area contributed by atoms with Gasteiger partial charge in [-0.05, 0) is 89.9 Å². The standard InChI is InChI=1S/C71H120O6/c1-4-7-10-13-16-19-22-24-26-27-28-29-30-31-32-33-34-35-36-37-38-39-40-41-42-43-44-45-46-48-49-52-55-58-61-64-70(73)76-67-68(66-75-69(72)63-60-57-54-51-21-18-15-12-9-6-3)77-71(74)65-62-59-56-53-50-47-25-23-20-17-14-11-8-5-2/h7,10,16,19,24,26,28-29,31-32,34-35,37-38,40-41,43-44,68H,4-6,8-9,11-15,17-18,20-23,25,27,30,33,36,39,42,45-67H2,1-3H3/b10-7-,19-16-,26-24-,29-28-,32-31-,35-34-,38-37-,41-40-,44-43-. The third-order valence-corrected chi connectivity index (χ3v) is 13.8. The lowest BCUT2D eigenvalue weighted by molar-refractivity contribution is -0.167. The first-order chi connectivity index (χ1) is 38.0. The van der Waals surface area contributed by atoms with Gasteiger partial charge in [0, 0.05) is 19.3 Å². The molecular weight excluding hydrogens is 949 g/mol. The number of allylic oxidation sites excluding steroid dienone is 18. The summed E-state index contributed by atoms with van der Waals surface area (Å²) in [5.41, 5.74) is 0. The highest BCUT2D eigenvalue weighted by molar-refractivity contribution is 5.71. The molecule has 0 heterocycles. The van der Waals surface area contributed by atoms with Crippen LogP contribution in [0.4, 0.5) is 0 Å². The fourth-order valence-electron chi connectivity index (χ4n) is 8.97. The van der Waals surface area contributed by atoms with Gasteiger partial charge in [0.25, 0.3) is 0 Å². The number of hydrogen-bond donors (Lipinski definition) is 0. The van der Waals surface area contributed by atoms with Crippen molar-refractivity contribution in [1.29, 1.82) is 0 Å². The minimum absolute atomic E-state index is 0.0771. The minimum atomic E-state index is -0.779. The van der Waals surface area contributed by atoms with Gasteiger partial charge in [-0.25, -0.2) is 0 Å². The van der Waals surface area contributed by atoms with Crippen LogP contribution < -0.4 is 0 Å². The van der Waals surface area contributed by atoms with Crippen LogP contribution in [-0.4, -0.2) is 37.2 Å². The Morgan fingerprint density at radius 1 is 0.273 bits per heavy atom. The zero-order chi connectivity index (χ0) is 55.7. The summed E-state index contributed by atoms with van der Waals surface area (Å²) in [4.78, 5) is 38.1. The maximum absolute atomic E-state index is 12.8. The zero-order valence-corrected chi connectivity index (χ0v) is 50.4. The van der Waals surface area contributed by atoms with E-state index in [0.29, 0.717) is 19.3 Å². The van der Waals surface area contributed by atoms with Crippen molar-refractivity contribution in [3.8, 4) is 0 Å². The van der Waals surface area contributed by atoms with E-state index < -0.39 is 6.10 Å². The molecule has 0 aromatic carbocycles. The van der Waals surface area contributed by atoms with Gasteiger partial charge in [0.05, 0.1) is 0 Å². The molecule has 0 fully saturated rings. The van der Waals surface area contributed by atoms with Crippen LogP contribution >= 0.6 is 0 Å². The molecule has 0 N–H and O–H groups in total. The second-order valence-corrected chi connectivity index (χ2v) is 21.3. The predicted octanol–water partition coefficient (Wildman–Crippen LogP) is 22.2. The van der Waals surface area contributed by atoms with Gasteiger partial charge in [0.15, 0.2) is 6.10 Å². The third-order valence-electron chi connectivity index (χ3n) is 13.8. The van der Waals surface area contributed by atoms with Gasteiger partial charge >= 0.3 is 17.9 Å². The maximum atomic E-state index is 12.8. The van der Waals surface area contributed by atoms with Crippen molar-refractivity contribution in [3.63, 3.8) is 0 Å². The Balaban J connectivity index is 4.18. The Kier molecular flexibility index (Phi) is 61.3. The van der Waals surface area contributed by atoms with Gasteiger partial charge in [-0.3, -0.25) is 14.4 Å². The first-order valence-electron chi connectivity index (χ1n) is 32.4. The van der Waals surface area contributed by atoms with E-state index in [-0.39, 0.29) is 31.1 Å². The van der Waals surface area contributed by atoms with Crippen molar-refractivity contribution >= 4 is 17.9 Å². The van der Waals surface area contributed by atoms with Gasteiger partial charge in [-0.2, -0.15) is 0 Å². The molecule has 1 atom stereocenters. The number of rotatable bonds is 58. The van der Waals surface area contributed by atoms with Gasteiger partial charge in [0.1, 0.15) is 13.2 Å². The van der Waals surface area contributed by atoms with Crippen LogP contribution in [0.3, 0.4) is 0 Å². The maximum Gasteiger partial charge on any atom is 0.306 e. The van der Waals surface area contributed by atoms with E-state index >= 15 is 0 Å². The molecule has 0 aliphatic heterocycles. The molecule has 6 heteroatoms. The molecule has 0 saturated heterocycles. The van der Waals surface area contributed by atoms with Gasteiger partial charge < -0.3 is 14.2 Å². The van der Waals surface area contributed by atoms with Crippen LogP contribution in [0.15, 0.2) is 109 Å². The van der Waals surface area contributed by atoms with Crippen LogP contribution in [0.1, 0.15) is 303 Å². The van der Waals surface area contributed by atoms with E-state index in [1.54, 1.807) is 0 Å². The van der Waals surface area contributed by atoms with Crippen molar-refractivity contribution in [1.82, 2.24) is 0 Å². The topological polar surface area (TPSA) is 78.9 Å². The Hall–Kier alpha value is -3.93. The highest BCUT2D eigenvalue weighted by Gasteiger charge is 2.19. The Labute approximate surface area is 476 Å². The van der Waals surface area contributed by atoms with E-state index in [1.165, 1.54) is 141 Å². The van der Waals surface area contributed by atoms with Crippen LogP contribution in [0.5, 0.6) is 0 Å². The number of esters is 3. The quantitative estimate of drug-likeness (QED) is 0.0261. The second-order valence-electron chi connectivity index (χ2n) is 21.3. The molecule has 0 bridgehead atoms. The summed E-state index contributed by atoms with van der Waals surface area (Å²) in [7, 11) is 0. The molecule has 440 valence electrons. The SMILES string of the molecule is CC/C=C\C/C=C\C/C=C\C/C=C\C/C=C\C/C=C\C/C=C\C/C=C\C/C=C\CCCCCCCCCC(=O)OCC(COC(=O)CCCCCCCCCCCC)OC(=O)CCCCCCCCCCCCCCCC. The molecule has 1 unspecified atom stereocenters. The largest absolute Gasteiger partial charge is 0.462 e. The second kappa shape index (κ2) is 64.6. The number of carbonyl (C=O) groups is 3. The summed E-state index contributed by atoms with van der Waals surface area (Å²) in [5.74, 6) is -0.881. The summed E-state index contributed by atoms with van der Waals surface area (Å²) in [5, 5.41) is 0. The van der Waals surface area contributed by atoms with E-state index in [4.69, 9.17) is 14.2 Å². The highest BCUT2D eigenvalue weighted by Crippen LogP contribution is 2.16. The van der Waals surface area contributed by atoms with Crippen LogP contribution in [0, 0.1) is 0 Å². The first kappa shape index (κ1) is 73.1. The van der Waals surface area contributed by atoms with E-state index in [2.05, 4.69) is 130 Å². The molecule has 0 aliphatic carbocycles. The Morgan fingerprint density at radius 2 is 0.506 bits per heavy atom. The Bertz CT molecular complexity index is 1560. The molecular formula is C71H120O6. The van der Waals surface area contributed by atoms with Crippen molar-refractivity contribution in [3.05, 3.63) is 109 Å². The van der Waals surface area contributed by atoms with E-state index in [9.17, 15) is 14.4 Å². The van der Waals surface area contributed by atoms with Gasteiger partial charge in [-0.15, -0.1) is 0 Å². The van der Waals surface area contributed by atoms with Crippen molar-refractivity contribution in [2.45, 2.75) is 309 Å². The summed E-state index contributed by atoms with van der Waals surface area (Å²) >= 11 is 0. The molecule has 0 radical (unpaired) electrons. The van der Waals surface area contributed by atoms with E-state index in [1.807, 2.05) is 0 Å². The molecule has 0 aliphatic rings. The number of unbranched alkanes of at least 4 members (excludes halogenated alkanes) is 29. The molecule has 0 amide bonds. The molecule has 0 rings (SSSR count). The fraction of sp³-hybridized carbons (Fsp3) is 0.704. The highest BCUT2D eigenvalue weighted by atomic mass is 16.6. The normalized spacial score (nSPS) is 12.8. The first-order valence-corrected chi connectivity index (χ1v) is 32.4. The fourth-order valence-corrected chi connectivity index (χ4v) is 8.97. The molecule has 0 aromatic heterocycles. The summed E-state index contributed by atoms with van der Waals surface area (Å²) in [6.45, 7) is 6.52. The average molecular weight is 1070 g/mol. The molecule has 0 aromatic rings. The lowest BCUT2D eigenvalue weighted by Gasteiger charge is -2.18.